The van der Waals surface area contributed by atoms with E-state index in [1.807, 2.05) is 79.7 Å². The summed E-state index contributed by atoms with van der Waals surface area (Å²) in [5, 5.41) is 0. The van der Waals surface area contributed by atoms with Gasteiger partial charge in [0.05, 0.1) is 12.5 Å². The van der Waals surface area contributed by atoms with Crippen molar-refractivity contribution >= 4 is 5.78 Å². The quantitative estimate of drug-likeness (QED) is 0.731. The highest BCUT2D eigenvalue weighted by atomic mass is 16.5. The van der Waals surface area contributed by atoms with E-state index in [1.165, 1.54) is 0 Å². The number of Topliss-reactive ketones (excluding diaryl/α,β-unsaturated/α-hetero) is 1. The third-order valence-corrected chi connectivity index (χ3v) is 3.21. The maximum absolute atomic E-state index is 12.6. The molecule has 0 aliphatic carbocycles. The Bertz CT molecular complexity index is 552. The van der Waals surface area contributed by atoms with Gasteiger partial charge >= 0.3 is 0 Å². The van der Waals surface area contributed by atoms with Gasteiger partial charge in [-0.05, 0) is 26.2 Å². The van der Waals surface area contributed by atoms with Crippen LogP contribution in [0, 0.1) is 5.92 Å². The van der Waals surface area contributed by atoms with Crippen LogP contribution in [-0.4, -0.2) is 37.9 Å². The molecule has 3 nitrogen and oxygen atoms in total. The number of carbonyl (C=O) groups excluding carboxylic acids is 1. The van der Waals surface area contributed by atoms with Crippen LogP contribution in [0.3, 0.4) is 0 Å². The predicted octanol–water partition coefficient (Wildman–Crippen LogP) is 3.13. The summed E-state index contributed by atoms with van der Waals surface area (Å²) in [4.78, 5) is 14.6. The van der Waals surface area contributed by atoms with Gasteiger partial charge in [-0.1, -0.05) is 48.5 Å². The van der Waals surface area contributed by atoms with Crippen molar-refractivity contribution in [3.05, 3.63) is 66.2 Å². The molecule has 0 aliphatic heterocycles. The molecule has 0 aliphatic rings. The summed E-state index contributed by atoms with van der Waals surface area (Å²) in [6, 6.07) is 19.0. The van der Waals surface area contributed by atoms with Crippen LogP contribution in [0.1, 0.15) is 10.4 Å². The largest absolute Gasteiger partial charge is 0.493 e. The lowest BCUT2D eigenvalue weighted by atomic mass is 9.98. The molecule has 1 unspecified atom stereocenters. The molecule has 110 valence electrons. The average molecular weight is 283 g/mol. The van der Waals surface area contributed by atoms with Crippen molar-refractivity contribution in [1.29, 1.82) is 0 Å². The van der Waals surface area contributed by atoms with E-state index in [1.54, 1.807) is 0 Å². The van der Waals surface area contributed by atoms with Crippen molar-refractivity contribution < 1.29 is 9.53 Å². The molecular formula is C18H21NO2. The van der Waals surface area contributed by atoms with Gasteiger partial charge < -0.3 is 9.64 Å². The second kappa shape index (κ2) is 7.60. The molecule has 3 heteroatoms. The van der Waals surface area contributed by atoms with Crippen molar-refractivity contribution in [2.45, 2.75) is 0 Å². The van der Waals surface area contributed by atoms with Gasteiger partial charge in [0, 0.05) is 12.1 Å². The Balaban J connectivity index is 2.05. The highest BCUT2D eigenvalue weighted by molar-refractivity contribution is 5.98. The summed E-state index contributed by atoms with van der Waals surface area (Å²) in [5.74, 6) is 0.741. The maximum atomic E-state index is 12.6. The minimum atomic E-state index is -0.178. The molecule has 0 aromatic heterocycles. The maximum Gasteiger partial charge on any atom is 0.170 e. The van der Waals surface area contributed by atoms with E-state index in [2.05, 4.69) is 0 Å². The molecule has 0 saturated carbocycles. The van der Waals surface area contributed by atoms with Crippen LogP contribution < -0.4 is 4.74 Å². The number of carbonyl (C=O) groups is 1. The summed E-state index contributed by atoms with van der Waals surface area (Å²) >= 11 is 0. The van der Waals surface area contributed by atoms with Gasteiger partial charge in [-0.2, -0.15) is 0 Å². The SMILES string of the molecule is CN(C)CC(COc1ccccc1)C(=O)c1ccccc1. The zero-order valence-electron chi connectivity index (χ0n) is 12.5. The monoisotopic (exact) mass is 283 g/mol. The standard InChI is InChI=1S/C18H21NO2/c1-19(2)13-16(14-21-17-11-7-4-8-12-17)18(20)15-9-5-3-6-10-15/h3-12,16H,13-14H2,1-2H3. The molecule has 0 N–H and O–H groups in total. The number of ketones is 1. The Hall–Kier alpha value is -2.13. The fourth-order valence-corrected chi connectivity index (χ4v) is 2.20. The lowest BCUT2D eigenvalue weighted by Gasteiger charge is -2.20. The fourth-order valence-electron chi connectivity index (χ4n) is 2.20. The highest BCUT2D eigenvalue weighted by Crippen LogP contribution is 2.14. The highest BCUT2D eigenvalue weighted by Gasteiger charge is 2.21. The van der Waals surface area contributed by atoms with Crippen LogP contribution >= 0.6 is 0 Å². The number of hydrogen-bond acceptors (Lipinski definition) is 3. The van der Waals surface area contributed by atoms with Crippen LogP contribution in [0.15, 0.2) is 60.7 Å². The third kappa shape index (κ3) is 4.72. The molecule has 21 heavy (non-hydrogen) atoms. The van der Waals surface area contributed by atoms with E-state index in [9.17, 15) is 4.79 Å². The second-order valence-electron chi connectivity index (χ2n) is 5.31. The van der Waals surface area contributed by atoms with E-state index >= 15 is 0 Å². The first-order valence-corrected chi connectivity index (χ1v) is 7.08. The number of benzene rings is 2. The molecule has 1 atom stereocenters. The van der Waals surface area contributed by atoms with Crippen molar-refractivity contribution in [2.75, 3.05) is 27.2 Å². The smallest absolute Gasteiger partial charge is 0.170 e. The Labute approximate surface area is 126 Å². The number of nitrogens with zero attached hydrogens (tertiary/aromatic N) is 1. The Morgan fingerprint density at radius 3 is 2.14 bits per heavy atom. The van der Waals surface area contributed by atoms with Gasteiger partial charge in [0.25, 0.3) is 0 Å². The lowest BCUT2D eigenvalue weighted by Crippen LogP contribution is -2.32. The molecule has 2 rings (SSSR count). The average Bonchev–Trinajstić information content (AvgIpc) is 2.52. The van der Waals surface area contributed by atoms with Gasteiger partial charge in [0.1, 0.15) is 5.75 Å². The van der Waals surface area contributed by atoms with E-state index in [0.717, 1.165) is 11.3 Å². The predicted molar refractivity (Wildman–Crippen MR) is 84.8 cm³/mol. The first-order chi connectivity index (χ1) is 10.2. The summed E-state index contributed by atoms with van der Waals surface area (Å²) in [7, 11) is 3.93. The normalized spacial score (nSPS) is 12.1. The Morgan fingerprint density at radius 2 is 1.57 bits per heavy atom. The van der Waals surface area contributed by atoms with Gasteiger partial charge in [-0.3, -0.25) is 4.79 Å². The minimum Gasteiger partial charge on any atom is -0.493 e. The molecule has 0 fully saturated rings. The van der Waals surface area contributed by atoms with Crippen LogP contribution in [0.5, 0.6) is 5.75 Å². The molecular weight excluding hydrogens is 262 g/mol. The van der Waals surface area contributed by atoms with Gasteiger partial charge in [0.2, 0.25) is 0 Å². The first kappa shape index (κ1) is 15.3. The second-order valence-corrected chi connectivity index (χ2v) is 5.31. The fraction of sp³-hybridized carbons (Fsp3) is 0.278. The molecule has 2 aromatic rings. The summed E-state index contributed by atoms with van der Waals surface area (Å²) in [6.45, 7) is 1.05. The molecule has 2 aromatic carbocycles. The Kier molecular flexibility index (Phi) is 5.52. The molecule has 0 spiro atoms. The van der Waals surface area contributed by atoms with Crippen molar-refractivity contribution in [2.24, 2.45) is 5.92 Å². The molecule has 0 bridgehead atoms. The lowest BCUT2D eigenvalue weighted by molar-refractivity contribution is 0.0842. The minimum absolute atomic E-state index is 0.125. The molecule has 0 heterocycles. The molecule has 0 radical (unpaired) electrons. The van der Waals surface area contributed by atoms with E-state index in [4.69, 9.17) is 4.74 Å². The van der Waals surface area contributed by atoms with E-state index in [-0.39, 0.29) is 11.7 Å². The molecule has 0 saturated heterocycles. The van der Waals surface area contributed by atoms with Crippen LogP contribution in [0.4, 0.5) is 0 Å². The van der Waals surface area contributed by atoms with Crippen LogP contribution in [-0.2, 0) is 0 Å². The summed E-state index contributed by atoms with van der Waals surface area (Å²) in [6.07, 6.45) is 0. The van der Waals surface area contributed by atoms with Crippen molar-refractivity contribution in [3.63, 3.8) is 0 Å². The van der Waals surface area contributed by atoms with E-state index < -0.39 is 0 Å². The molecule has 0 amide bonds. The van der Waals surface area contributed by atoms with Crippen molar-refractivity contribution in [3.8, 4) is 5.75 Å². The van der Waals surface area contributed by atoms with Gasteiger partial charge in [-0.15, -0.1) is 0 Å². The number of rotatable bonds is 7. The van der Waals surface area contributed by atoms with Crippen molar-refractivity contribution in [1.82, 2.24) is 4.90 Å². The Morgan fingerprint density at radius 1 is 1.00 bits per heavy atom. The summed E-state index contributed by atoms with van der Waals surface area (Å²) < 4.78 is 5.76. The van der Waals surface area contributed by atoms with Crippen LogP contribution in [0.2, 0.25) is 0 Å². The topological polar surface area (TPSA) is 29.5 Å². The summed E-state index contributed by atoms with van der Waals surface area (Å²) in [5.41, 5.74) is 0.737. The third-order valence-electron chi connectivity index (χ3n) is 3.21. The number of hydrogen-bond donors (Lipinski definition) is 0. The zero-order valence-corrected chi connectivity index (χ0v) is 12.5. The van der Waals surface area contributed by atoms with Gasteiger partial charge in [0.15, 0.2) is 5.78 Å². The first-order valence-electron chi connectivity index (χ1n) is 7.08. The number of para-hydroxylation sites is 1. The number of ether oxygens (including phenoxy) is 1. The zero-order chi connectivity index (χ0) is 15.1. The van der Waals surface area contributed by atoms with Gasteiger partial charge in [-0.25, -0.2) is 0 Å². The van der Waals surface area contributed by atoms with Crippen LogP contribution in [0.25, 0.3) is 0 Å². The van der Waals surface area contributed by atoms with E-state index in [0.29, 0.717) is 13.2 Å².